The molecule has 5 heteroatoms. The van der Waals surface area contributed by atoms with E-state index in [1.807, 2.05) is 48.5 Å². The largest absolute Gasteiger partial charge is 0.497 e. The number of hydrogen-bond acceptors (Lipinski definition) is 4. The summed E-state index contributed by atoms with van der Waals surface area (Å²) in [5.41, 5.74) is 3.91. The predicted octanol–water partition coefficient (Wildman–Crippen LogP) is 3.15. The fraction of sp³-hybridized carbons (Fsp3) is 0.250. The molecule has 3 aromatic rings. The summed E-state index contributed by atoms with van der Waals surface area (Å²) in [5, 5.41) is 10.0. The molecule has 1 aliphatic rings. The Bertz CT molecular complexity index is 917. The van der Waals surface area contributed by atoms with Gasteiger partial charge >= 0.3 is 0 Å². The number of ether oxygens (including phenoxy) is 2. The maximum Gasteiger partial charge on any atom is 0.119 e. The van der Waals surface area contributed by atoms with Crippen LogP contribution in [0.3, 0.4) is 0 Å². The molecule has 0 saturated carbocycles. The topological polar surface area (TPSA) is 56.5 Å². The van der Waals surface area contributed by atoms with Crippen LogP contribution in [0.15, 0.2) is 48.5 Å². The van der Waals surface area contributed by atoms with E-state index in [2.05, 4.69) is 4.57 Å². The zero-order valence-corrected chi connectivity index (χ0v) is 14.3. The van der Waals surface area contributed by atoms with Crippen molar-refractivity contribution in [2.45, 2.75) is 19.1 Å². The van der Waals surface area contributed by atoms with Gasteiger partial charge in [0.25, 0.3) is 0 Å². The Morgan fingerprint density at radius 2 is 1.64 bits per heavy atom. The van der Waals surface area contributed by atoms with Crippen molar-refractivity contribution in [2.24, 2.45) is 0 Å². The highest BCUT2D eigenvalue weighted by Crippen LogP contribution is 2.37. The van der Waals surface area contributed by atoms with Crippen molar-refractivity contribution in [3.05, 3.63) is 54.4 Å². The van der Waals surface area contributed by atoms with E-state index in [4.69, 9.17) is 14.5 Å². The molecule has 0 radical (unpaired) electrons. The van der Waals surface area contributed by atoms with Gasteiger partial charge in [0.05, 0.1) is 38.3 Å². The molecule has 0 saturated heterocycles. The van der Waals surface area contributed by atoms with E-state index in [1.165, 1.54) is 0 Å². The molecule has 128 valence electrons. The Morgan fingerprint density at radius 3 is 2.32 bits per heavy atom. The molecule has 25 heavy (non-hydrogen) atoms. The summed E-state index contributed by atoms with van der Waals surface area (Å²) in [6, 6.07) is 15.8. The number of hydrogen-bond donors (Lipinski definition) is 1. The van der Waals surface area contributed by atoms with Gasteiger partial charge in [-0.25, -0.2) is 4.98 Å². The number of fused-ring (bicyclic) bond motifs is 1. The van der Waals surface area contributed by atoms with Crippen molar-refractivity contribution in [3.8, 4) is 34.0 Å². The van der Waals surface area contributed by atoms with Gasteiger partial charge in [0.2, 0.25) is 0 Å². The van der Waals surface area contributed by atoms with Crippen LogP contribution in [0.2, 0.25) is 0 Å². The van der Waals surface area contributed by atoms with Crippen LogP contribution < -0.4 is 9.47 Å². The van der Waals surface area contributed by atoms with Crippen LogP contribution in [0.5, 0.6) is 11.5 Å². The third kappa shape index (κ3) is 2.76. The molecule has 1 N–H and O–H groups in total. The minimum atomic E-state index is -0.383. The number of rotatable bonds is 4. The summed E-state index contributed by atoms with van der Waals surface area (Å²) in [6.45, 7) is 0.554. The normalized spacial score (nSPS) is 15.9. The molecule has 1 aliphatic heterocycles. The number of imidazole rings is 1. The Hall–Kier alpha value is -2.79. The van der Waals surface area contributed by atoms with E-state index in [1.54, 1.807) is 14.2 Å². The molecular weight excluding hydrogens is 316 g/mol. The minimum absolute atomic E-state index is 0.383. The Morgan fingerprint density at radius 1 is 1.00 bits per heavy atom. The van der Waals surface area contributed by atoms with Crippen molar-refractivity contribution in [3.63, 3.8) is 0 Å². The monoisotopic (exact) mass is 336 g/mol. The van der Waals surface area contributed by atoms with Crippen molar-refractivity contribution >= 4 is 0 Å². The number of nitrogens with zero attached hydrogens (tertiary/aromatic N) is 2. The summed E-state index contributed by atoms with van der Waals surface area (Å²) < 4.78 is 12.8. The fourth-order valence-corrected chi connectivity index (χ4v) is 3.37. The van der Waals surface area contributed by atoms with Gasteiger partial charge in [-0.2, -0.15) is 0 Å². The first-order valence-electron chi connectivity index (χ1n) is 8.26. The zero-order valence-electron chi connectivity index (χ0n) is 14.3. The molecule has 0 aliphatic carbocycles. The van der Waals surface area contributed by atoms with Crippen molar-refractivity contribution in [1.82, 2.24) is 9.55 Å². The Balaban J connectivity index is 1.92. The van der Waals surface area contributed by atoms with Gasteiger partial charge in [0.1, 0.15) is 17.3 Å². The SMILES string of the molecule is COc1cccc(-c2nc3n(c2-c2cccc(OC)c2)CC(O)C3)c1. The quantitative estimate of drug-likeness (QED) is 0.795. The number of methoxy groups -OCH3 is 2. The van der Waals surface area contributed by atoms with Gasteiger partial charge in [-0.15, -0.1) is 0 Å². The van der Waals surface area contributed by atoms with Crippen LogP contribution in [0.4, 0.5) is 0 Å². The molecule has 0 amide bonds. The zero-order chi connectivity index (χ0) is 17.4. The Labute approximate surface area is 146 Å². The lowest BCUT2D eigenvalue weighted by Gasteiger charge is -2.11. The molecule has 1 aromatic heterocycles. The van der Waals surface area contributed by atoms with Crippen LogP contribution in [0.1, 0.15) is 5.82 Å². The van der Waals surface area contributed by atoms with Crippen molar-refractivity contribution < 1.29 is 14.6 Å². The number of aliphatic hydroxyl groups is 1. The second kappa shape index (κ2) is 6.26. The summed E-state index contributed by atoms with van der Waals surface area (Å²) in [4.78, 5) is 4.83. The average molecular weight is 336 g/mol. The summed E-state index contributed by atoms with van der Waals surface area (Å²) in [6.07, 6.45) is 0.187. The summed E-state index contributed by atoms with van der Waals surface area (Å²) >= 11 is 0. The lowest BCUT2D eigenvalue weighted by molar-refractivity contribution is 0.176. The van der Waals surface area contributed by atoms with E-state index < -0.39 is 0 Å². The van der Waals surface area contributed by atoms with Gasteiger partial charge in [-0.3, -0.25) is 0 Å². The average Bonchev–Trinajstić information content (AvgIpc) is 3.17. The van der Waals surface area contributed by atoms with E-state index >= 15 is 0 Å². The first-order chi connectivity index (χ1) is 12.2. The third-order valence-electron chi connectivity index (χ3n) is 4.54. The van der Waals surface area contributed by atoms with Gasteiger partial charge in [-0.05, 0) is 24.3 Å². The third-order valence-corrected chi connectivity index (χ3v) is 4.54. The van der Waals surface area contributed by atoms with Crippen molar-refractivity contribution in [2.75, 3.05) is 14.2 Å². The number of benzene rings is 2. The molecule has 1 unspecified atom stereocenters. The standard InChI is InChI=1S/C20H20N2O3/c1-24-16-7-3-5-13(9-16)19-20(14-6-4-8-17(10-14)25-2)22-12-15(23)11-18(22)21-19/h3-10,15,23H,11-12H2,1-2H3. The molecule has 0 fully saturated rings. The summed E-state index contributed by atoms with van der Waals surface area (Å²) in [5.74, 6) is 2.49. The van der Waals surface area contributed by atoms with Crippen LogP contribution >= 0.6 is 0 Å². The Kier molecular flexibility index (Phi) is 3.93. The van der Waals surface area contributed by atoms with Gasteiger partial charge in [0, 0.05) is 17.5 Å². The van der Waals surface area contributed by atoms with Crippen LogP contribution in [-0.4, -0.2) is 35.0 Å². The highest BCUT2D eigenvalue weighted by molar-refractivity contribution is 5.80. The maximum atomic E-state index is 10.0. The molecule has 4 rings (SSSR count). The molecule has 2 aromatic carbocycles. The fourth-order valence-electron chi connectivity index (χ4n) is 3.37. The molecule has 1 atom stereocenters. The van der Waals surface area contributed by atoms with E-state index in [9.17, 15) is 5.11 Å². The highest BCUT2D eigenvalue weighted by Gasteiger charge is 2.28. The van der Waals surface area contributed by atoms with Crippen LogP contribution in [-0.2, 0) is 13.0 Å². The minimum Gasteiger partial charge on any atom is -0.497 e. The highest BCUT2D eigenvalue weighted by atomic mass is 16.5. The summed E-state index contributed by atoms with van der Waals surface area (Å²) in [7, 11) is 3.32. The number of aromatic nitrogens is 2. The van der Waals surface area contributed by atoms with Crippen LogP contribution in [0, 0.1) is 0 Å². The first kappa shape index (κ1) is 15.7. The molecular formula is C20H20N2O3. The lowest BCUT2D eigenvalue weighted by atomic mass is 10.0. The van der Waals surface area contributed by atoms with E-state index in [-0.39, 0.29) is 6.10 Å². The predicted molar refractivity (Wildman–Crippen MR) is 95.9 cm³/mol. The first-order valence-corrected chi connectivity index (χ1v) is 8.26. The van der Waals surface area contributed by atoms with E-state index in [0.717, 1.165) is 39.8 Å². The van der Waals surface area contributed by atoms with Crippen molar-refractivity contribution in [1.29, 1.82) is 0 Å². The van der Waals surface area contributed by atoms with Gasteiger partial charge in [-0.1, -0.05) is 24.3 Å². The van der Waals surface area contributed by atoms with Crippen LogP contribution in [0.25, 0.3) is 22.5 Å². The smallest absolute Gasteiger partial charge is 0.119 e. The molecule has 5 nitrogen and oxygen atoms in total. The lowest BCUT2D eigenvalue weighted by Crippen LogP contribution is -2.08. The maximum absolute atomic E-state index is 10.0. The second-order valence-electron chi connectivity index (χ2n) is 6.16. The van der Waals surface area contributed by atoms with E-state index in [0.29, 0.717) is 13.0 Å². The number of aliphatic hydroxyl groups excluding tert-OH is 1. The molecule has 2 heterocycles. The second-order valence-corrected chi connectivity index (χ2v) is 6.16. The van der Waals surface area contributed by atoms with Gasteiger partial charge < -0.3 is 19.1 Å². The van der Waals surface area contributed by atoms with Gasteiger partial charge in [0.15, 0.2) is 0 Å². The molecule has 0 spiro atoms. The molecule has 0 bridgehead atoms.